The van der Waals surface area contributed by atoms with E-state index < -0.39 is 11.7 Å². The lowest BCUT2D eigenvalue weighted by Gasteiger charge is -2.19. The van der Waals surface area contributed by atoms with Crippen LogP contribution in [0.3, 0.4) is 0 Å². The van der Waals surface area contributed by atoms with Crippen molar-refractivity contribution in [2.45, 2.75) is 46.3 Å². The highest BCUT2D eigenvalue weighted by atomic mass is 35.5. The molecule has 2 N–H and O–H groups in total. The molecule has 0 bridgehead atoms. The summed E-state index contributed by atoms with van der Waals surface area (Å²) in [7, 11) is 0. The zero-order chi connectivity index (χ0) is 16.8. The van der Waals surface area contributed by atoms with Crippen LogP contribution in [0, 0.1) is 0 Å². The van der Waals surface area contributed by atoms with E-state index in [1.807, 2.05) is 46.8 Å². The third kappa shape index (κ3) is 7.41. The minimum absolute atomic E-state index is 0.0781. The summed E-state index contributed by atoms with van der Waals surface area (Å²) < 4.78 is 10.7. The van der Waals surface area contributed by atoms with Crippen molar-refractivity contribution >= 4 is 23.4 Å². The summed E-state index contributed by atoms with van der Waals surface area (Å²) in [5, 5.41) is 6.41. The van der Waals surface area contributed by atoms with E-state index in [0.29, 0.717) is 23.9 Å². The van der Waals surface area contributed by atoms with Crippen molar-refractivity contribution < 1.29 is 14.3 Å². The Morgan fingerprint density at radius 3 is 2.50 bits per heavy atom. The standard InChI is InChI=1S/C16H25ClN2O3/c1-11(2)21-14-7-6-12(10-13(14)17)18-8-9-19-15(20)22-16(3,4)5/h6-7,10-11,18H,8-9H2,1-5H3,(H,19,20). The number of alkyl carbamates (subject to hydrolysis) is 1. The molecule has 1 rings (SSSR count). The Balaban J connectivity index is 2.36. The number of carbonyl (C=O) groups excluding carboxylic acids is 1. The average molecular weight is 329 g/mol. The van der Waals surface area contributed by atoms with Crippen molar-refractivity contribution in [3.05, 3.63) is 23.2 Å². The van der Waals surface area contributed by atoms with Gasteiger partial charge in [-0.05, 0) is 52.8 Å². The number of nitrogens with one attached hydrogen (secondary N) is 2. The molecule has 0 spiro atoms. The molecule has 0 heterocycles. The molecule has 0 aromatic heterocycles. The maximum Gasteiger partial charge on any atom is 0.407 e. The van der Waals surface area contributed by atoms with Crippen molar-refractivity contribution in [3.8, 4) is 5.75 Å². The van der Waals surface area contributed by atoms with E-state index in [1.165, 1.54) is 0 Å². The lowest BCUT2D eigenvalue weighted by atomic mass is 10.2. The topological polar surface area (TPSA) is 59.6 Å². The molecule has 0 radical (unpaired) electrons. The first kappa shape index (κ1) is 18.4. The summed E-state index contributed by atoms with van der Waals surface area (Å²) in [5.41, 5.74) is 0.379. The van der Waals surface area contributed by atoms with Gasteiger partial charge in [0, 0.05) is 18.8 Å². The molecular weight excluding hydrogens is 304 g/mol. The monoisotopic (exact) mass is 328 g/mol. The molecule has 0 aliphatic rings. The molecule has 6 heteroatoms. The summed E-state index contributed by atoms with van der Waals surface area (Å²) in [6.45, 7) is 10.4. The van der Waals surface area contributed by atoms with Crippen LogP contribution in [0.4, 0.5) is 10.5 Å². The van der Waals surface area contributed by atoms with Gasteiger partial charge in [0.2, 0.25) is 0 Å². The maximum absolute atomic E-state index is 11.5. The zero-order valence-electron chi connectivity index (χ0n) is 13.8. The quantitative estimate of drug-likeness (QED) is 0.773. The lowest BCUT2D eigenvalue weighted by Crippen LogP contribution is -2.34. The van der Waals surface area contributed by atoms with E-state index in [9.17, 15) is 4.79 Å². The van der Waals surface area contributed by atoms with Crippen LogP contribution < -0.4 is 15.4 Å². The molecule has 0 unspecified atom stereocenters. The normalized spacial score (nSPS) is 11.2. The maximum atomic E-state index is 11.5. The molecule has 0 saturated heterocycles. The van der Waals surface area contributed by atoms with Crippen LogP contribution in [0.5, 0.6) is 5.75 Å². The number of carbonyl (C=O) groups is 1. The van der Waals surface area contributed by atoms with Crippen LogP contribution in [0.15, 0.2) is 18.2 Å². The highest BCUT2D eigenvalue weighted by Crippen LogP contribution is 2.28. The molecule has 0 aliphatic heterocycles. The number of hydrogen-bond acceptors (Lipinski definition) is 4. The molecule has 0 aliphatic carbocycles. The predicted octanol–water partition coefficient (Wildman–Crippen LogP) is 4.06. The predicted molar refractivity (Wildman–Crippen MR) is 89.9 cm³/mol. The number of ether oxygens (including phenoxy) is 2. The van der Waals surface area contributed by atoms with E-state index in [-0.39, 0.29) is 6.10 Å². The highest BCUT2D eigenvalue weighted by Gasteiger charge is 2.15. The number of anilines is 1. The van der Waals surface area contributed by atoms with E-state index >= 15 is 0 Å². The SMILES string of the molecule is CC(C)Oc1ccc(NCCNC(=O)OC(C)(C)C)cc1Cl. The van der Waals surface area contributed by atoms with Crippen LogP contribution in [-0.4, -0.2) is 30.9 Å². The van der Waals surface area contributed by atoms with Crippen molar-refractivity contribution in [3.63, 3.8) is 0 Å². The molecule has 1 amide bonds. The smallest absolute Gasteiger partial charge is 0.407 e. The van der Waals surface area contributed by atoms with Gasteiger partial charge in [0.1, 0.15) is 11.4 Å². The average Bonchev–Trinajstić information content (AvgIpc) is 2.35. The number of halogens is 1. The van der Waals surface area contributed by atoms with E-state index in [1.54, 1.807) is 6.07 Å². The summed E-state index contributed by atoms with van der Waals surface area (Å²) in [6, 6.07) is 5.51. The Morgan fingerprint density at radius 2 is 1.95 bits per heavy atom. The Labute approximate surface area is 137 Å². The molecule has 0 atom stereocenters. The fourth-order valence-electron chi connectivity index (χ4n) is 1.65. The second-order valence-corrected chi connectivity index (χ2v) is 6.57. The third-order valence-electron chi connectivity index (χ3n) is 2.42. The Kier molecular flexibility index (Phi) is 6.81. The van der Waals surface area contributed by atoms with Crippen molar-refractivity contribution in [2.24, 2.45) is 0 Å². The van der Waals surface area contributed by atoms with Crippen molar-refractivity contribution in [1.29, 1.82) is 0 Å². The number of rotatable bonds is 6. The number of hydrogen-bond donors (Lipinski definition) is 2. The van der Waals surface area contributed by atoms with Gasteiger partial charge in [0.25, 0.3) is 0 Å². The van der Waals surface area contributed by atoms with Crippen LogP contribution in [0.2, 0.25) is 5.02 Å². The minimum Gasteiger partial charge on any atom is -0.489 e. The first-order valence-electron chi connectivity index (χ1n) is 7.34. The minimum atomic E-state index is -0.489. The molecule has 0 fully saturated rings. The van der Waals surface area contributed by atoms with E-state index in [0.717, 1.165) is 5.69 Å². The fraction of sp³-hybridized carbons (Fsp3) is 0.562. The van der Waals surface area contributed by atoms with Gasteiger partial charge in [0.05, 0.1) is 11.1 Å². The summed E-state index contributed by atoms with van der Waals surface area (Å²) in [6.07, 6.45) is -0.345. The molecule has 1 aromatic rings. The van der Waals surface area contributed by atoms with Gasteiger partial charge in [0.15, 0.2) is 0 Å². The van der Waals surface area contributed by atoms with Crippen molar-refractivity contribution in [2.75, 3.05) is 18.4 Å². The molecule has 1 aromatic carbocycles. The van der Waals surface area contributed by atoms with E-state index in [4.69, 9.17) is 21.1 Å². The molecule has 124 valence electrons. The number of benzene rings is 1. The second-order valence-electron chi connectivity index (χ2n) is 6.17. The molecule has 5 nitrogen and oxygen atoms in total. The first-order valence-corrected chi connectivity index (χ1v) is 7.72. The zero-order valence-corrected chi connectivity index (χ0v) is 14.6. The van der Waals surface area contributed by atoms with Gasteiger partial charge < -0.3 is 20.1 Å². The van der Waals surface area contributed by atoms with E-state index in [2.05, 4.69) is 10.6 Å². The largest absolute Gasteiger partial charge is 0.489 e. The molecule has 0 saturated carbocycles. The summed E-state index contributed by atoms with van der Waals surface area (Å²) >= 11 is 6.15. The van der Waals surface area contributed by atoms with Crippen LogP contribution in [-0.2, 0) is 4.74 Å². The van der Waals surface area contributed by atoms with Gasteiger partial charge in [-0.3, -0.25) is 0 Å². The summed E-state index contributed by atoms with van der Waals surface area (Å²) in [5.74, 6) is 0.661. The van der Waals surface area contributed by atoms with Gasteiger partial charge in [-0.1, -0.05) is 11.6 Å². The van der Waals surface area contributed by atoms with Crippen LogP contribution >= 0.6 is 11.6 Å². The summed E-state index contributed by atoms with van der Waals surface area (Å²) in [4.78, 5) is 11.5. The van der Waals surface area contributed by atoms with Gasteiger partial charge in [-0.25, -0.2) is 4.79 Å². The third-order valence-corrected chi connectivity index (χ3v) is 2.71. The molecule has 22 heavy (non-hydrogen) atoms. The van der Waals surface area contributed by atoms with Gasteiger partial charge in [-0.15, -0.1) is 0 Å². The Hall–Kier alpha value is -1.62. The molecular formula is C16H25ClN2O3. The number of amides is 1. The van der Waals surface area contributed by atoms with Gasteiger partial charge in [-0.2, -0.15) is 0 Å². The van der Waals surface area contributed by atoms with Crippen LogP contribution in [0.25, 0.3) is 0 Å². The Morgan fingerprint density at radius 1 is 1.27 bits per heavy atom. The van der Waals surface area contributed by atoms with Crippen LogP contribution in [0.1, 0.15) is 34.6 Å². The highest BCUT2D eigenvalue weighted by molar-refractivity contribution is 6.32. The Bertz CT molecular complexity index is 499. The first-order chi connectivity index (χ1) is 10.2. The second kappa shape index (κ2) is 8.13. The fourth-order valence-corrected chi connectivity index (χ4v) is 1.87. The van der Waals surface area contributed by atoms with Gasteiger partial charge >= 0.3 is 6.09 Å². The lowest BCUT2D eigenvalue weighted by molar-refractivity contribution is 0.0530. The van der Waals surface area contributed by atoms with Crippen molar-refractivity contribution in [1.82, 2.24) is 5.32 Å².